The molecule has 0 aromatic rings. The highest BCUT2D eigenvalue weighted by molar-refractivity contribution is 6.07. The lowest BCUT2D eigenvalue weighted by atomic mass is 9.88. The van der Waals surface area contributed by atoms with E-state index in [9.17, 15) is 9.59 Å². The third-order valence-electron chi connectivity index (χ3n) is 3.18. The second-order valence-electron chi connectivity index (χ2n) is 4.57. The Labute approximate surface area is 103 Å². The lowest BCUT2D eigenvalue weighted by molar-refractivity contribution is -0.131. The zero-order chi connectivity index (χ0) is 12.9. The first-order chi connectivity index (χ1) is 8.11. The maximum atomic E-state index is 12.3. The van der Waals surface area contributed by atoms with Crippen LogP contribution in [0.1, 0.15) is 39.5 Å². The highest BCUT2D eigenvalue weighted by atomic mass is 16.2. The summed E-state index contributed by atoms with van der Waals surface area (Å²) in [5.41, 5.74) is -0.645. The average Bonchev–Trinajstić information content (AvgIpc) is 2.50. The number of carbonyl (C=O) groups is 2. The summed E-state index contributed by atoms with van der Waals surface area (Å²) in [6.07, 6.45) is 3.24. The number of amides is 3. The molecule has 0 radical (unpaired) electrons. The van der Waals surface area contributed by atoms with E-state index >= 15 is 0 Å². The monoisotopic (exact) mass is 241 g/mol. The number of rotatable bonds is 7. The molecule has 0 aromatic carbocycles. The van der Waals surface area contributed by atoms with Crippen molar-refractivity contribution in [1.82, 2.24) is 15.5 Å². The summed E-state index contributed by atoms with van der Waals surface area (Å²) in [5.74, 6) is -0.0542. The molecule has 0 atom stereocenters. The van der Waals surface area contributed by atoms with E-state index in [2.05, 4.69) is 10.6 Å². The van der Waals surface area contributed by atoms with E-state index in [1.54, 1.807) is 0 Å². The standard InChI is InChI=1S/C12H23N3O2/c1-4-6-12(7-5-2)10(16)15(9-8-13-3)11(17)14-12/h13H,4-9H2,1-3H3,(H,14,17). The first-order valence-electron chi connectivity index (χ1n) is 6.40. The van der Waals surface area contributed by atoms with Crippen LogP contribution in [0, 0.1) is 0 Å². The van der Waals surface area contributed by atoms with Crippen molar-refractivity contribution < 1.29 is 9.59 Å². The molecule has 17 heavy (non-hydrogen) atoms. The summed E-state index contributed by atoms with van der Waals surface area (Å²) in [4.78, 5) is 25.5. The van der Waals surface area contributed by atoms with Crippen LogP contribution in [0.15, 0.2) is 0 Å². The fraction of sp³-hybridized carbons (Fsp3) is 0.833. The molecule has 2 N–H and O–H groups in total. The van der Waals surface area contributed by atoms with Crippen LogP contribution in [0.25, 0.3) is 0 Å². The van der Waals surface area contributed by atoms with Crippen molar-refractivity contribution in [3.8, 4) is 0 Å². The van der Waals surface area contributed by atoms with Crippen LogP contribution >= 0.6 is 0 Å². The van der Waals surface area contributed by atoms with Gasteiger partial charge in [-0.1, -0.05) is 26.7 Å². The van der Waals surface area contributed by atoms with Crippen molar-refractivity contribution in [2.45, 2.75) is 45.1 Å². The summed E-state index contributed by atoms with van der Waals surface area (Å²) in [6, 6.07) is -0.243. The molecule has 1 heterocycles. The lowest BCUT2D eigenvalue weighted by Gasteiger charge is -2.25. The van der Waals surface area contributed by atoms with E-state index in [0.29, 0.717) is 13.1 Å². The lowest BCUT2D eigenvalue weighted by Crippen LogP contribution is -2.47. The molecule has 3 amide bonds. The third kappa shape index (κ3) is 2.77. The van der Waals surface area contributed by atoms with Crippen molar-refractivity contribution in [2.75, 3.05) is 20.1 Å². The van der Waals surface area contributed by atoms with Gasteiger partial charge in [-0.15, -0.1) is 0 Å². The number of carbonyl (C=O) groups excluding carboxylic acids is 2. The predicted molar refractivity (Wildman–Crippen MR) is 66.7 cm³/mol. The van der Waals surface area contributed by atoms with Gasteiger partial charge < -0.3 is 10.6 Å². The third-order valence-corrected chi connectivity index (χ3v) is 3.18. The minimum atomic E-state index is -0.645. The van der Waals surface area contributed by atoms with E-state index in [4.69, 9.17) is 0 Å². The first kappa shape index (κ1) is 14.0. The minimum absolute atomic E-state index is 0.0542. The molecule has 1 saturated heterocycles. The van der Waals surface area contributed by atoms with Crippen LogP contribution in [0.4, 0.5) is 4.79 Å². The fourth-order valence-electron chi connectivity index (χ4n) is 2.42. The van der Waals surface area contributed by atoms with Gasteiger partial charge in [-0.2, -0.15) is 0 Å². The van der Waals surface area contributed by atoms with Crippen LogP contribution < -0.4 is 10.6 Å². The molecule has 5 heteroatoms. The molecule has 98 valence electrons. The summed E-state index contributed by atoms with van der Waals surface area (Å²) in [7, 11) is 1.81. The first-order valence-corrected chi connectivity index (χ1v) is 6.40. The van der Waals surface area contributed by atoms with E-state index < -0.39 is 5.54 Å². The van der Waals surface area contributed by atoms with Crippen molar-refractivity contribution in [3.05, 3.63) is 0 Å². The number of nitrogens with zero attached hydrogens (tertiary/aromatic N) is 1. The quantitative estimate of drug-likeness (QED) is 0.656. The number of hydrogen-bond donors (Lipinski definition) is 2. The van der Waals surface area contributed by atoms with Gasteiger partial charge in [0.1, 0.15) is 5.54 Å². The number of imide groups is 1. The number of likely N-dealkylation sites (N-methyl/N-ethyl adjacent to an activating group) is 1. The number of nitrogens with one attached hydrogen (secondary N) is 2. The molecule has 5 nitrogen and oxygen atoms in total. The Hall–Kier alpha value is -1.10. The SMILES string of the molecule is CCCC1(CCC)NC(=O)N(CCNC)C1=O. The molecule has 0 aromatic heterocycles. The van der Waals surface area contributed by atoms with E-state index in [0.717, 1.165) is 25.7 Å². The van der Waals surface area contributed by atoms with Gasteiger partial charge in [-0.05, 0) is 19.9 Å². The molecule has 0 aliphatic carbocycles. The topological polar surface area (TPSA) is 61.4 Å². The summed E-state index contributed by atoms with van der Waals surface area (Å²) in [5, 5.41) is 5.84. The molecule has 1 aliphatic rings. The maximum Gasteiger partial charge on any atom is 0.325 e. The van der Waals surface area contributed by atoms with Gasteiger partial charge in [-0.3, -0.25) is 9.69 Å². The number of hydrogen-bond acceptors (Lipinski definition) is 3. The van der Waals surface area contributed by atoms with E-state index in [1.165, 1.54) is 4.90 Å². The summed E-state index contributed by atoms with van der Waals surface area (Å²) >= 11 is 0. The normalized spacial score (nSPS) is 18.6. The highest BCUT2D eigenvalue weighted by Crippen LogP contribution is 2.27. The van der Waals surface area contributed by atoms with Gasteiger partial charge in [-0.25, -0.2) is 4.79 Å². The zero-order valence-electron chi connectivity index (χ0n) is 11.0. The molecule has 0 bridgehead atoms. The Bertz CT molecular complexity index is 285. The Kier molecular flexibility index (Phi) is 4.93. The highest BCUT2D eigenvalue weighted by Gasteiger charge is 2.49. The Morgan fingerprint density at radius 2 is 1.82 bits per heavy atom. The zero-order valence-corrected chi connectivity index (χ0v) is 11.0. The smallest absolute Gasteiger partial charge is 0.323 e. The minimum Gasteiger partial charge on any atom is -0.323 e. The van der Waals surface area contributed by atoms with Gasteiger partial charge in [0.2, 0.25) is 0 Å². The molecular weight excluding hydrogens is 218 g/mol. The molecule has 1 aliphatic heterocycles. The maximum absolute atomic E-state index is 12.3. The van der Waals surface area contributed by atoms with Gasteiger partial charge in [0.25, 0.3) is 5.91 Å². The molecule has 0 spiro atoms. The van der Waals surface area contributed by atoms with Crippen LogP contribution in [0.2, 0.25) is 0 Å². The summed E-state index contributed by atoms with van der Waals surface area (Å²) in [6.45, 7) is 5.14. The molecule has 1 rings (SSSR count). The van der Waals surface area contributed by atoms with Crippen molar-refractivity contribution in [2.24, 2.45) is 0 Å². The molecule has 1 fully saturated rings. The largest absolute Gasteiger partial charge is 0.325 e. The van der Waals surface area contributed by atoms with Gasteiger partial charge in [0.05, 0.1) is 0 Å². The van der Waals surface area contributed by atoms with Gasteiger partial charge in [0, 0.05) is 13.1 Å². The van der Waals surface area contributed by atoms with Gasteiger partial charge in [0.15, 0.2) is 0 Å². The second kappa shape index (κ2) is 6.00. The van der Waals surface area contributed by atoms with E-state index in [1.807, 2.05) is 20.9 Å². The summed E-state index contributed by atoms with van der Waals surface area (Å²) < 4.78 is 0. The Balaban J connectivity index is 2.81. The molecule has 0 unspecified atom stereocenters. The number of urea groups is 1. The predicted octanol–water partition coefficient (Wildman–Crippen LogP) is 1.10. The molecular formula is C12H23N3O2. The second-order valence-corrected chi connectivity index (χ2v) is 4.57. The van der Waals surface area contributed by atoms with E-state index in [-0.39, 0.29) is 11.9 Å². The van der Waals surface area contributed by atoms with Crippen molar-refractivity contribution in [1.29, 1.82) is 0 Å². The van der Waals surface area contributed by atoms with Crippen LogP contribution in [0.3, 0.4) is 0 Å². The fourth-order valence-corrected chi connectivity index (χ4v) is 2.42. The Morgan fingerprint density at radius 3 is 2.29 bits per heavy atom. The van der Waals surface area contributed by atoms with Gasteiger partial charge >= 0.3 is 6.03 Å². The molecule has 0 saturated carbocycles. The Morgan fingerprint density at radius 1 is 1.24 bits per heavy atom. The van der Waals surface area contributed by atoms with Crippen molar-refractivity contribution in [3.63, 3.8) is 0 Å². The average molecular weight is 241 g/mol. The van der Waals surface area contributed by atoms with Crippen LogP contribution in [-0.2, 0) is 4.79 Å². The van der Waals surface area contributed by atoms with Crippen LogP contribution in [0.5, 0.6) is 0 Å². The van der Waals surface area contributed by atoms with Crippen molar-refractivity contribution >= 4 is 11.9 Å². The van der Waals surface area contributed by atoms with Crippen LogP contribution in [-0.4, -0.2) is 42.5 Å².